The Hall–Kier alpha value is -1.67. The number of amides is 1. The highest BCUT2D eigenvalue weighted by atomic mass is 35.5. The number of nitrogens with zero attached hydrogens (tertiary/aromatic N) is 4. The first-order valence-corrected chi connectivity index (χ1v) is 8.71. The van der Waals surface area contributed by atoms with E-state index in [1.165, 1.54) is 0 Å². The Morgan fingerprint density at radius 1 is 1.30 bits per heavy atom. The molecule has 2 heterocycles. The first kappa shape index (κ1) is 23.4. The van der Waals surface area contributed by atoms with Crippen LogP contribution in [-0.4, -0.2) is 53.0 Å². The van der Waals surface area contributed by atoms with Crippen LogP contribution in [0.3, 0.4) is 0 Å². The predicted octanol–water partition coefficient (Wildman–Crippen LogP) is 2.67. The van der Waals surface area contributed by atoms with Gasteiger partial charge in [0.1, 0.15) is 0 Å². The predicted molar refractivity (Wildman–Crippen MR) is 112 cm³/mol. The van der Waals surface area contributed by atoms with Crippen molar-refractivity contribution in [3.63, 3.8) is 0 Å². The monoisotopic (exact) mass is 414 g/mol. The van der Waals surface area contributed by atoms with Gasteiger partial charge in [0.25, 0.3) is 5.91 Å². The van der Waals surface area contributed by atoms with Crippen LogP contribution in [0.2, 0.25) is 0 Å². The van der Waals surface area contributed by atoms with Crippen LogP contribution in [0.25, 0.3) is 0 Å². The zero-order valence-corrected chi connectivity index (χ0v) is 17.6. The highest BCUT2D eigenvalue weighted by Crippen LogP contribution is 2.20. The summed E-state index contributed by atoms with van der Waals surface area (Å²) >= 11 is 0. The molecule has 0 bridgehead atoms. The Labute approximate surface area is 172 Å². The van der Waals surface area contributed by atoms with Crippen LogP contribution in [0.1, 0.15) is 40.5 Å². The minimum Gasteiger partial charge on any atom is -0.320 e. The lowest BCUT2D eigenvalue weighted by Gasteiger charge is -2.22. The number of benzene rings is 1. The summed E-state index contributed by atoms with van der Waals surface area (Å²) in [6.07, 6.45) is 3.77. The first-order valence-electron chi connectivity index (χ1n) is 8.71. The number of aromatic nitrogens is 3. The molecule has 0 unspecified atom stereocenters. The average Bonchev–Trinajstić information content (AvgIpc) is 3.08. The van der Waals surface area contributed by atoms with E-state index in [1.54, 1.807) is 6.20 Å². The second kappa shape index (κ2) is 10.6. The minimum absolute atomic E-state index is 0. The van der Waals surface area contributed by atoms with Gasteiger partial charge in [-0.1, -0.05) is 17.3 Å². The van der Waals surface area contributed by atoms with Crippen molar-refractivity contribution in [1.29, 1.82) is 0 Å². The Bertz CT molecular complexity index is 743. The molecule has 1 aliphatic rings. The maximum absolute atomic E-state index is 12.5. The number of hydrogen-bond acceptors (Lipinski definition) is 5. The van der Waals surface area contributed by atoms with E-state index in [2.05, 4.69) is 31.9 Å². The molecule has 1 aliphatic heterocycles. The lowest BCUT2D eigenvalue weighted by Crippen LogP contribution is -2.29. The Balaban J connectivity index is 0.00000182. The molecule has 0 atom stereocenters. The minimum atomic E-state index is -0.217. The van der Waals surface area contributed by atoms with Crippen molar-refractivity contribution in [2.75, 3.05) is 32.5 Å². The van der Waals surface area contributed by atoms with Crippen LogP contribution < -0.4 is 10.6 Å². The van der Waals surface area contributed by atoms with Gasteiger partial charge in [0, 0.05) is 12.2 Å². The molecule has 0 aliphatic carbocycles. The SMILES string of the molecule is Cc1ccc(CN(C)C)cc1NC(=O)c1cn(C2CCNCC2)nn1.Cl.Cl. The number of rotatable bonds is 5. The number of aryl methyl sites for hydroxylation is 1. The lowest BCUT2D eigenvalue weighted by atomic mass is 10.1. The molecule has 1 amide bonds. The van der Waals surface area contributed by atoms with Crippen molar-refractivity contribution in [2.45, 2.75) is 32.4 Å². The summed E-state index contributed by atoms with van der Waals surface area (Å²) in [5.41, 5.74) is 3.36. The van der Waals surface area contributed by atoms with Gasteiger partial charge in [-0.3, -0.25) is 4.79 Å². The summed E-state index contributed by atoms with van der Waals surface area (Å²) < 4.78 is 1.82. The molecular weight excluding hydrogens is 387 g/mol. The maximum Gasteiger partial charge on any atom is 0.277 e. The van der Waals surface area contributed by atoms with Crippen molar-refractivity contribution in [3.05, 3.63) is 41.2 Å². The topological polar surface area (TPSA) is 75.1 Å². The molecule has 9 heteroatoms. The molecule has 2 N–H and O–H groups in total. The maximum atomic E-state index is 12.5. The van der Waals surface area contributed by atoms with Crippen LogP contribution in [0.15, 0.2) is 24.4 Å². The fourth-order valence-electron chi connectivity index (χ4n) is 3.08. The molecule has 150 valence electrons. The van der Waals surface area contributed by atoms with E-state index in [9.17, 15) is 4.79 Å². The Morgan fingerprint density at radius 2 is 2.00 bits per heavy atom. The third kappa shape index (κ3) is 6.17. The van der Waals surface area contributed by atoms with Gasteiger partial charge in [0.15, 0.2) is 5.69 Å². The van der Waals surface area contributed by atoms with Crippen LogP contribution in [0.4, 0.5) is 5.69 Å². The van der Waals surface area contributed by atoms with Crippen molar-refractivity contribution in [1.82, 2.24) is 25.2 Å². The Kier molecular flexibility index (Phi) is 9.18. The smallest absolute Gasteiger partial charge is 0.277 e. The molecule has 0 saturated carbocycles. The number of carbonyl (C=O) groups excluding carboxylic acids is 1. The number of carbonyl (C=O) groups is 1. The molecule has 0 spiro atoms. The van der Waals surface area contributed by atoms with E-state index < -0.39 is 0 Å². The van der Waals surface area contributed by atoms with Crippen molar-refractivity contribution in [3.8, 4) is 0 Å². The normalized spacial score (nSPS) is 14.4. The lowest BCUT2D eigenvalue weighted by molar-refractivity contribution is 0.102. The van der Waals surface area contributed by atoms with Gasteiger partial charge in [-0.15, -0.1) is 29.9 Å². The van der Waals surface area contributed by atoms with E-state index >= 15 is 0 Å². The van der Waals surface area contributed by atoms with Gasteiger partial charge in [0.2, 0.25) is 0 Å². The van der Waals surface area contributed by atoms with E-state index in [1.807, 2.05) is 37.8 Å². The number of hydrogen-bond donors (Lipinski definition) is 2. The van der Waals surface area contributed by atoms with E-state index in [0.29, 0.717) is 11.7 Å². The molecule has 7 nitrogen and oxygen atoms in total. The first-order chi connectivity index (χ1) is 12.0. The van der Waals surface area contributed by atoms with E-state index in [-0.39, 0.29) is 30.7 Å². The second-order valence-corrected chi connectivity index (χ2v) is 6.91. The Morgan fingerprint density at radius 3 is 2.67 bits per heavy atom. The van der Waals surface area contributed by atoms with Crippen LogP contribution in [-0.2, 0) is 6.54 Å². The van der Waals surface area contributed by atoms with Crippen LogP contribution in [0, 0.1) is 6.92 Å². The van der Waals surface area contributed by atoms with E-state index in [0.717, 1.165) is 49.3 Å². The van der Waals surface area contributed by atoms with Gasteiger partial charge in [-0.25, -0.2) is 4.68 Å². The molecule has 1 aromatic carbocycles. The summed E-state index contributed by atoms with van der Waals surface area (Å²) in [5.74, 6) is -0.217. The highest BCUT2D eigenvalue weighted by molar-refractivity contribution is 6.03. The summed E-state index contributed by atoms with van der Waals surface area (Å²) in [4.78, 5) is 14.6. The molecule has 1 aromatic heterocycles. The van der Waals surface area contributed by atoms with Crippen molar-refractivity contribution in [2.24, 2.45) is 0 Å². The van der Waals surface area contributed by atoms with Gasteiger partial charge >= 0.3 is 0 Å². The summed E-state index contributed by atoms with van der Waals surface area (Å²) in [7, 11) is 4.05. The third-order valence-corrected chi connectivity index (χ3v) is 4.47. The molecule has 0 radical (unpaired) electrons. The number of anilines is 1. The number of halogens is 2. The average molecular weight is 415 g/mol. The quantitative estimate of drug-likeness (QED) is 0.786. The summed E-state index contributed by atoms with van der Waals surface area (Å²) in [6, 6.07) is 6.45. The molecule has 2 aromatic rings. The van der Waals surface area contributed by atoms with Gasteiger partial charge < -0.3 is 15.5 Å². The summed E-state index contributed by atoms with van der Waals surface area (Å²) in [6.45, 7) is 4.77. The molecule has 1 saturated heterocycles. The molecule has 3 rings (SSSR count). The fourth-order valence-corrected chi connectivity index (χ4v) is 3.08. The highest BCUT2D eigenvalue weighted by Gasteiger charge is 2.19. The van der Waals surface area contributed by atoms with Gasteiger partial charge in [-0.2, -0.15) is 0 Å². The van der Waals surface area contributed by atoms with Gasteiger partial charge in [0.05, 0.1) is 12.2 Å². The van der Waals surface area contributed by atoms with Crippen LogP contribution >= 0.6 is 24.8 Å². The van der Waals surface area contributed by atoms with Crippen LogP contribution in [0.5, 0.6) is 0 Å². The zero-order chi connectivity index (χ0) is 17.8. The zero-order valence-electron chi connectivity index (χ0n) is 15.9. The number of nitrogens with one attached hydrogen (secondary N) is 2. The molecular formula is C18H28Cl2N6O. The van der Waals surface area contributed by atoms with Crippen molar-refractivity contribution >= 4 is 36.4 Å². The standard InChI is InChI=1S/C18H26N6O.2ClH/c1-13-4-5-14(11-23(2)3)10-16(13)20-18(25)17-12-24(22-21-17)15-6-8-19-9-7-15;;/h4-5,10,12,15,19H,6-9,11H2,1-3H3,(H,20,25);2*1H. The van der Waals surface area contributed by atoms with Gasteiger partial charge in [-0.05, 0) is 64.1 Å². The molecule has 27 heavy (non-hydrogen) atoms. The number of piperidine rings is 1. The fraction of sp³-hybridized carbons (Fsp3) is 0.500. The largest absolute Gasteiger partial charge is 0.320 e. The molecule has 1 fully saturated rings. The van der Waals surface area contributed by atoms with Crippen molar-refractivity contribution < 1.29 is 4.79 Å². The van der Waals surface area contributed by atoms with E-state index in [4.69, 9.17) is 0 Å². The third-order valence-electron chi connectivity index (χ3n) is 4.47. The second-order valence-electron chi connectivity index (χ2n) is 6.91. The summed E-state index contributed by atoms with van der Waals surface area (Å²) in [5, 5.41) is 14.5.